The van der Waals surface area contributed by atoms with Gasteiger partial charge in [0.1, 0.15) is 0 Å². The lowest BCUT2D eigenvalue weighted by molar-refractivity contribution is 0.586. The maximum absolute atomic E-state index is 6.41. The Labute approximate surface area is 130 Å². The Kier molecular flexibility index (Phi) is 4.66. The van der Waals surface area contributed by atoms with Crippen molar-refractivity contribution < 1.29 is 0 Å². The molecule has 1 atom stereocenters. The minimum Gasteiger partial charge on any atom is -0.324 e. The number of benzene rings is 2. The molecule has 0 heterocycles. The summed E-state index contributed by atoms with van der Waals surface area (Å²) >= 11 is 3.63. The SMILES string of the molecule is CC(C)(C)c1ccc(Br)c(C(N)Cc2ccccc2)c1. The zero-order chi connectivity index (χ0) is 14.8. The molecule has 20 heavy (non-hydrogen) atoms. The van der Waals surface area contributed by atoms with Crippen molar-refractivity contribution in [2.75, 3.05) is 0 Å². The van der Waals surface area contributed by atoms with E-state index in [9.17, 15) is 0 Å². The summed E-state index contributed by atoms with van der Waals surface area (Å²) in [6.07, 6.45) is 0.854. The molecule has 2 aromatic carbocycles. The van der Waals surface area contributed by atoms with Gasteiger partial charge in [-0.1, -0.05) is 79.2 Å². The van der Waals surface area contributed by atoms with E-state index >= 15 is 0 Å². The molecule has 0 saturated heterocycles. The van der Waals surface area contributed by atoms with Crippen molar-refractivity contribution in [1.82, 2.24) is 0 Å². The summed E-state index contributed by atoms with van der Waals surface area (Å²) in [5.41, 5.74) is 10.3. The highest BCUT2D eigenvalue weighted by molar-refractivity contribution is 9.10. The number of hydrogen-bond acceptors (Lipinski definition) is 1. The Hall–Kier alpha value is -1.12. The quantitative estimate of drug-likeness (QED) is 0.842. The van der Waals surface area contributed by atoms with Gasteiger partial charge in [-0.15, -0.1) is 0 Å². The predicted molar refractivity (Wildman–Crippen MR) is 89.9 cm³/mol. The fourth-order valence-electron chi connectivity index (χ4n) is 2.27. The highest BCUT2D eigenvalue weighted by Crippen LogP contribution is 2.30. The van der Waals surface area contributed by atoms with Crippen molar-refractivity contribution in [2.24, 2.45) is 5.73 Å². The van der Waals surface area contributed by atoms with Gasteiger partial charge < -0.3 is 5.73 Å². The zero-order valence-corrected chi connectivity index (χ0v) is 13.9. The van der Waals surface area contributed by atoms with Gasteiger partial charge in [0.2, 0.25) is 0 Å². The molecule has 0 fully saturated rings. The van der Waals surface area contributed by atoms with Gasteiger partial charge in [0.05, 0.1) is 0 Å². The Balaban J connectivity index is 2.27. The van der Waals surface area contributed by atoms with Gasteiger partial charge in [0, 0.05) is 10.5 Å². The third-order valence-electron chi connectivity index (χ3n) is 3.56. The molecule has 0 spiro atoms. The zero-order valence-electron chi connectivity index (χ0n) is 12.4. The van der Waals surface area contributed by atoms with Crippen molar-refractivity contribution in [3.05, 3.63) is 69.7 Å². The van der Waals surface area contributed by atoms with Crippen LogP contribution >= 0.6 is 15.9 Å². The Bertz CT molecular complexity index is 570. The number of hydrogen-bond donors (Lipinski definition) is 1. The van der Waals surface area contributed by atoms with E-state index in [0.29, 0.717) is 0 Å². The van der Waals surface area contributed by atoms with E-state index in [2.05, 4.69) is 79.2 Å². The van der Waals surface area contributed by atoms with E-state index in [1.54, 1.807) is 0 Å². The molecule has 2 N–H and O–H groups in total. The monoisotopic (exact) mass is 331 g/mol. The fraction of sp³-hybridized carbons (Fsp3) is 0.333. The van der Waals surface area contributed by atoms with Crippen molar-refractivity contribution in [2.45, 2.75) is 38.6 Å². The van der Waals surface area contributed by atoms with Crippen LogP contribution in [0.4, 0.5) is 0 Å². The molecule has 2 rings (SSSR count). The van der Waals surface area contributed by atoms with Gasteiger partial charge in [-0.2, -0.15) is 0 Å². The minimum atomic E-state index is 0.00840. The molecule has 1 nitrogen and oxygen atoms in total. The summed E-state index contributed by atoms with van der Waals surface area (Å²) in [4.78, 5) is 0. The summed E-state index contributed by atoms with van der Waals surface area (Å²) in [5, 5.41) is 0. The Morgan fingerprint density at radius 3 is 2.30 bits per heavy atom. The van der Waals surface area contributed by atoms with Crippen LogP contribution in [0, 0.1) is 0 Å². The molecule has 0 aliphatic rings. The molecule has 0 aromatic heterocycles. The van der Waals surface area contributed by atoms with E-state index in [4.69, 9.17) is 5.73 Å². The Morgan fingerprint density at radius 2 is 1.70 bits per heavy atom. The highest BCUT2D eigenvalue weighted by atomic mass is 79.9. The number of rotatable bonds is 3. The fourth-order valence-corrected chi connectivity index (χ4v) is 2.81. The molecule has 0 radical (unpaired) electrons. The van der Waals surface area contributed by atoms with Gasteiger partial charge in [-0.25, -0.2) is 0 Å². The van der Waals surface area contributed by atoms with E-state index < -0.39 is 0 Å². The average molecular weight is 332 g/mol. The summed E-state index contributed by atoms with van der Waals surface area (Å²) in [6, 6.07) is 16.9. The molecule has 2 aromatic rings. The minimum absolute atomic E-state index is 0.00840. The van der Waals surface area contributed by atoms with Crippen molar-refractivity contribution in [3.63, 3.8) is 0 Å². The first kappa shape index (κ1) is 15.3. The van der Waals surface area contributed by atoms with Gasteiger partial charge in [0.25, 0.3) is 0 Å². The number of halogens is 1. The first-order valence-corrected chi connectivity index (χ1v) is 7.76. The Morgan fingerprint density at radius 1 is 1.05 bits per heavy atom. The normalized spacial score (nSPS) is 13.2. The molecular formula is C18H22BrN. The second-order valence-corrected chi connectivity index (χ2v) is 7.14. The van der Waals surface area contributed by atoms with Crippen LogP contribution in [0.1, 0.15) is 43.5 Å². The molecular weight excluding hydrogens is 310 g/mol. The van der Waals surface area contributed by atoms with Crippen molar-refractivity contribution in [1.29, 1.82) is 0 Å². The summed E-state index contributed by atoms with van der Waals surface area (Å²) in [5.74, 6) is 0. The lowest BCUT2D eigenvalue weighted by Crippen LogP contribution is -2.17. The van der Waals surface area contributed by atoms with Crippen LogP contribution in [-0.2, 0) is 11.8 Å². The molecule has 0 aliphatic carbocycles. The van der Waals surface area contributed by atoms with Crippen LogP contribution in [0.25, 0.3) is 0 Å². The van der Waals surface area contributed by atoms with E-state index in [1.807, 2.05) is 6.07 Å². The lowest BCUT2D eigenvalue weighted by Gasteiger charge is -2.22. The van der Waals surface area contributed by atoms with Crippen LogP contribution < -0.4 is 5.73 Å². The van der Waals surface area contributed by atoms with Gasteiger partial charge >= 0.3 is 0 Å². The summed E-state index contributed by atoms with van der Waals surface area (Å²) in [7, 11) is 0. The number of nitrogens with two attached hydrogens (primary N) is 1. The van der Waals surface area contributed by atoms with Crippen LogP contribution in [0.3, 0.4) is 0 Å². The van der Waals surface area contributed by atoms with E-state index in [0.717, 1.165) is 10.9 Å². The predicted octanol–water partition coefficient (Wildman–Crippen LogP) is 4.99. The lowest BCUT2D eigenvalue weighted by atomic mass is 9.85. The average Bonchev–Trinajstić information content (AvgIpc) is 2.39. The third-order valence-corrected chi connectivity index (χ3v) is 4.28. The summed E-state index contributed by atoms with van der Waals surface area (Å²) < 4.78 is 1.09. The second-order valence-electron chi connectivity index (χ2n) is 6.28. The first-order chi connectivity index (χ1) is 9.38. The van der Waals surface area contributed by atoms with Crippen molar-refractivity contribution in [3.8, 4) is 0 Å². The van der Waals surface area contributed by atoms with Gasteiger partial charge in [-0.3, -0.25) is 0 Å². The first-order valence-electron chi connectivity index (χ1n) is 6.97. The van der Waals surface area contributed by atoms with Crippen LogP contribution in [0.15, 0.2) is 53.0 Å². The molecule has 0 bridgehead atoms. The molecule has 2 heteroatoms. The topological polar surface area (TPSA) is 26.0 Å². The van der Waals surface area contributed by atoms with Crippen molar-refractivity contribution >= 4 is 15.9 Å². The molecule has 0 amide bonds. The highest BCUT2D eigenvalue weighted by Gasteiger charge is 2.17. The molecule has 0 aliphatic heterocycles. The van der Waals surface area contributed by atoms with E-state index in [-0.39, 0.29) is 11.5 Å². The van der Waals surface area contributed by atoms with Crippen LogP contribution in [-0.4, -0.2) is 0 Å². The van der Waals surface area contributed by atoms with Gasteiger partial charge in [-0.05, 0) is 34.6 Å². The standard InChI is InChI=1S/C18H22BrN/c1-18(2,3)14-9-10-16(19)15(12-14)17(20)11-13-7-5-4-6-8-13/h4-10,12,17H,11,20H2,1-3H3. The second kappa shape index (κ2) is 6.11. The molecule has 1 unspecified atom stereocenters. The molecule has 0 saturated carbocycles. The maximum Gasteiger partial charge on any atom is 0.0347 e. The third kappa shape index (κ3) is 3.71. The largest absolute Gasteiger partial charge is 0.324 e. The van der Waals surface area contributed by atoms with Crippen LogP contribution in [0.2, 0.25) is 0 Å². The maximum atomic E-state index is 6.41. The smallest absolute Gasteiger partial charge is 0.0347 e. The van der Waals surface area contributed by atoms with Crippen LogP contribution in [0.5, 0.6) is 0 Å². The van der Waals surface area contributed by atoms with Gasteiger partial charge in [0.15, 0.2) is 0 Å². The molecule has 106 valence electrons. The van der Waals surface area contributed by atoms with E-state index in [1.165, 1.54) is 16.7 Å². The summed E-state index contributed by atoms with van der Waals surface area (Å²) in [6.45, 7) is 6.67.